The highest BCUT2D eigenvalue weighted by Crippen LogP contribution is 2.02. The summed E-state index contributed by atoms with van der Waals surface area (Å²) in [5.74, 6) is -0.521. The summed E-state index contributed by atoms with van der Waals surface area (Å²) in [5, 5.41) is 2.65. The molecule has 0 unspecified atom stereocenters. The standard InChI is InChI=1S/C19H17N3O4S/c1-2-20-17(24)12-22-18(11-14(23)15-7-5-9-26-15)27-16(19(22)25)10-13-6-3-4-8-21-13/h3-11H,2,12H2,1H3,(H,20,24)/b16-10-,18-11+. The summed E-state index contributed by atoms with van der Waals surface area (Å²) in [4.78, 5) is 41.3. The number of furan rings is 1. The first-order valence-corrected chi connectivity index (χ1v) is 9.09. The maximum atomic E-state index is 12.8. The molecule has 0 aromatic carbocycles. The van der Waals surface area contributed by atoms with Crippen LogP contribution in [0.3, 0.4) is 0 Å². The second-order valence-corrected chi connectivity index (χ2v) is 6.60. The van der Waals surface area contributed by atoms with E-state index in [9.17, 15) is 14.4 Å². The number of likely N-dealkylation sites (N-methyl/N-ethyl adjacent to an activating group) is 1. The lowest BCUT2D eigenvalue weighted by atomic mass is 10.3. The molecule has 27 heavy (non-hydrogen) atoms. The van der Waals surface area contributed by atoms with Crippen molar-refractivity contribution < 1.29 is 14.0 Å². The van der Waals surface area contributed by atoms with E-state index in [4.69, 9.17) is 4.42 Å². The Labute approximate surface area is 158 Å². The highest BCUT2D eigenvalue weighted by molar-refractivity contribution is 7.07. The molecular weight excluding hydrogens is 366 g/mol. The third-order valence-corrected chi connectivity index (χ3v) is 4.66. The lowest BCUT2D eigenvalue weighted by molar-refractivity contribution is -0.121. The third-order valence-electron chi connectivity index (χ3n) is 3.60. The summed E-state index contributed by atoms with van der Waals surface area (Å²) in [6.45, 7) is 2.08. The smallest absolute Gasteiger partial charge is 0.269 e. The molecule has 0 atom stereocenters. The van der Waals surface area contributed by atoms with Crippen molar-refractivity contribution in [3.05, 3.63) is 73.8 Å². The van der Waals surface area contributed by atoms with Crippen molar-refractivity contribution >= 4 is 35.2 Å². The van der Waals surface area contributed by atoms with Crippen LogP contribution < -0.4 is 20.1 Å². The molecule has 0 fully saturated rings. The van der Waals surface area contributed by atoms with E-state index in [-0.39, 0.29) is 29.6 Å². The first-order chi connectivity index (χ1) is 13.1. The molecule has 0 aliphatic heterocycles. The van der Waals surface area contributed by atoms with E-state index in [1.807, 2.05) is 6.07 Å². The maximum Gasteiger partial charge on any atom is 0.269 e. The number of thiazole rings is 1. The van der Waals surface area contributed by atoms with Crippen LogP contribution in [0.15, 0.2) is 52.0 Å². The van der Waals surface area contributed by atoms with Crippen molar-refractivity contribution in [2.75, 3.05) is 6.54 Å². The van der Waals surface area contributed by atoms with E-state index >= 15 is 0 Å². The van der Waals surface area contributed by atoms with Crippen LogP contribution >= 0.6 is 11.3 Å². The van der Waals surface area contributed by atoms with Gasteiger partial charge in [-0.2, -0.15) is 0 Å². The van der Waals surface area contributed by atoms with Gasteiger partial charge in [-0.25, -0.2) is 0 Å². The minimum Gasteiger partial charge on any atom is -0.461 e. The van der Waals surface area contributed by atoms with Gasteiger partial charge in [-0.15, -0.1) is 11.3 Å². The second-order valence-electron chi connectivity index (χ2n) is 5.53. The number of pyridine rings is 1. The number of aromatic nitrogens is 2. The maximum absolute atomic E-state index is 12.8. The monoisotopic (exact) mass is 383 g/mol. The summed E-state index contributed by atoms with van der Waals surface area (Å²) in [6, 6.07) is 8.51. The molecule has 0 saturated heterocycles. The van der Waals surface area contributed by atoms with Gasteiger partial charge in [0.05, 0.1) is 16.5 Å². The molecule has 0 spiro atoms. The Morgan fingerprint density at radius 1 is 1.30 bits per heavy atom. The van der Waals surface area contributed by atoms with E-state index in [2.05, 4.69) is 10.3 Å². The Balaban J connectivity index is 2.11. The molecule has 1 amide bonds. The Morgan fingerprint density at radius 3 is 2.81 bits per heavy atom. The van der Waals surface area contributed by atoms with Crippen molar-refractivity contribution in [1.29, 1.82) is 0 Å². The molecule has 3 aromatic heterocycles. The van der Waals surface area contributed by atoms with Crippen molar-refractivity contribution in [3.8, 4) is 0 Å². The normalized spacial score (nSPS) is 12.3. The number of hydrogen-bond acceptors (Lipinski definition) is 6. The Bertz CT molecular complexity index is 1110. The summed E-state index contributed by atoms with van der Waals surface area (Å²) in [5.41, 5.74) is 0.264. The predicted octanol–water partition coefficient (Wildman–Crippen LogP) is 0.526. The average molecular weight is 383 g/mol. The number of amides is 1. The van der Waals surface area contributed by atoms with Crippen LogP contribution in [-0.2, 0) is 11.3 Å². The summed E-state index contributed by atoms with van der Waals surface area (Å²) in [6.07, 6.45) is 5.97. The minimum absolute atomic E-state index is 0.163. The topological polar surface area (TPSA) is 94.2 Å². The number of Topliss-reactive ketones (excluding diaryl/α,β-unsaturated/α-hetero) is 1. The van der Waals surface area contributed by atoms with E-state index < -0.39 is 0 Å². The number of carbonyl (C=O) groups is 2. The zero-order valence-electron chi connectivity index (χ0n) is 14.5. The molecule has 1 N–H and O–H groups in total. The molecule has 0 radical (unpaired) electrons. The molecule has 8 heteroatoms. The minimum atomic E-state index is -0.379. The van der Waals surface area contributed by atoms with Crippen molar-refractivity contribution in [2.24, 2.45) is 0 Å². The fourth-order valence-corrected chi connectivity index (χ4v) is 3.41. The molecule has 0 bridgehead atoms. The van der Waals surface area contributed by atoms with Crippen molar-refractivity contribution in [2.45, 2.75) is 13.5 Å². The van der Waals surface area contributed by atoms with E-state index in [0.29, 0.717) is 21.4 Å². The van der Waals surface area contributed by atoms with Gasteiger partial charge in [0.15, 0.2) is 5.76 Å². The van der Waals surface area contributed by atoms with Crippen molar-refractivity contribution in [3.63, 3.8) is 0 Å². The number of ketones is 1. The Kier molecular flexibility index (Phi) is 5.77. The highest BCUT2D eigenvalue weighted by Gasteiger charge is 2.12. The second kappa shape index (κ2) is 8.41. The first-order valence-electron chi connectivity index (χ1n) is 8.27. The van der Waals surface area contributed by atoms with E-state index in [1.165, 1.54) is 16.9 Å². The van der Waals surface area contributed by atoms with Crippen LogP contribution in [0.4, 0.5) is 0 Å². The largest absolute Gasteiger partial charge is 0.461 e. The average Bonchev–Trinajstić information content (AvgIpc) is 3.28. The predicted molar refractivity (Wildman–Crippen MR) is 102 cm³/mol. The van der Waals surface area contributed by atoms with Crippen LogP contribution in [0.5, 0.6) is 0 Å². The number of nitrogens with zero attached hydrogens (tertiary/aromatic N) is 2. The van der Waals surface area contributed by atoms with Crippen LogP contribution in [0, 0.1) is 0 Å². The molecule has 0 saturated carbocycles. The molecule has 7 nitrogen and oxygen atoms in total. The van der Waals surface area contributed by atoms with Gasteiger partial charge in [-0.05, 0) is 37.3 Å². The van der Waals surface area contributed by atoms with Gasteiger partial charge in [-0.3, -0.25) is 23.9 Å². The molecule has 3 heterocycles. The lowest BCUT2D eigenvalue weighted by Gasteiger charge is -2.02. The first kappa shape index (κ1) is 18.5. The van der Waals surface area contributed by atoms with E-state index in [1.54, 1.807) is 43.5 Å². The van der Waals surface area contributed by atoms with Gasteiger partial charge < -0.3 is 9.73 Å². The van der Waals surface area contributed by atoms with Crippen LogP contribution in [-0.4, -0.2) is 27.8 Å². The zero-order chi connectivity index (χ0) is 19.2. The number of hydrogen-bond donors (Lipinski definition) is 1. The fraction of sp³-hybridized carbons (Fsp3) is 0.158. The quantitative estimate of drug-likeness (QED) is 0.627. The van der Waals surface area contributed by atoms with Crippen molar-refractivity contribution in [1.82, 2.24) is 14.9 Å². The van der Waals surface area contributed by atoms with Gasteiger partial charge in [-0.1, -0.05) is 6.07 Å². The van der Waals surface area contributed by atoms with Gasteiger partial charge in [0.1, 0.15) is 11.2 Å². The SMILES string of the molecule is CCNC(=O)Cn1c(=O)/c(=C/c2ccccn2)s/c1=C/C(=O)c1ccco1. The van der Waals surface area contributed by atoms with E-state index in [0.717, 1.165) is 11.3 Å². The van der Waals surface area contributed by atoms with Crippen LogP contribution in [0.2, 0.25) is 0 Å². The van der Waals surface area contributed by atoms with Gasteiger partial charge in [0.25, 0.3) is 5.56 Å². The molecule has 138 valence electrons. The molecule has 3 rings (SSSR count). The van der Waals surface area contributed by atoms with Gasteiger partial charge >= 0.3 is 0 Å². The molecule has 0 aliphatic carbocycles. The Hall–Kier alpha value is -3.26. The number of rotatable bonds is 6. The Morgan fingerprint density at radius 2 is 2.15 bits per heavy atom. The lowest BCUT2D eigenvalue weighted by Crippen LogP contribution is -2.38. The molecule has 0 aliphatic rings. The summed E-state index contributed by atoms with van der Waals surface area (Å²) in [7, 11) is 0. The van der Waals surface area contributed by atoms with Gasteiger partial charge in [0, 0.05) is 18.8 Å². The highest BCUT2D eigenvalue weighted by atomic mass is 32.1. The summed E-state index contributed by atoms with van der Waals surface area (Å²) >= 11 is 1.12. The summed E-state index contributed by atoms with van der Waals surface area (Å²) < 4.78 is 7.14. The number of nitrogens with one attached hydrogen (secondary N) is 1. The van der Waals surface area contributed by atoms with Crippen LogP contribution in [0.25, 0.3) is 12.2 Å². The molecule has 3 aromatic rings. The fourth-order valence-electron chi connectivity index (χ4n) is 2.39. The zero-order valence-corrected chi connectivity index (χ0v) is 15.4. The third kappa shape index (κ3) is 4.48. The number of carbonyl (C=O) groups excluding carboxylic acids is 2. The van der Waals surface area contributed by atoms with Crippen LogP contribution in [0.1, 0.15) is 23.2 Å². The van der Waals surface area contributed by atoms with Gasteiger partial charge in [0.2, 0.25) is 11.7 Å². The molecular formula is C19H17N3O4S.